The van der Waals surface area contributed by atoms with Gasteiger partial charge in [0, 0.05) is 13.2 Å². The van der Waals surface area contributed by atoms with Crippen LogP contribution in [-0.2, 0) is 14.6 Å². The molecule has 1 amide bonds. The fourth-order valence-corrected chi connectivity index (χ4v) is 2.02. The molecule has 0 aliphatic rings. The van der Waals surface area contributed by atoms with Gasteiger partial charge >= 0.3 is 0 Å². The monoisotopic (exact) mass is 241 g/mol. The van der Waals surface area contributed by atoms with E-state index >= 15 is 0 Å². The van der Waals surface area contributed by atoms with Gasteiger partial charge < -0.3 is 5.32 Å². The quantitative estimate of drug-likeness (QED) is 0.867. The molecule has 0 spiro atoms. The van der Waals surface area contributed by atoms with E-state index in [1.165, 1.54) is 13.2 Å². The van der Waals surface area contributed by atoms with Gasteiger partial charge in [0.15, 0.2) is 9.84 Å². The Labute approximate surface area is 95.6 Å². The number of rotatable bonds is 3. The second-order valence-electron chi connectivity index (χ2n) is 3.76. The summed E-state index contributed by atoms with van der Waals surface area (Å²) in [5, 5.41) is 2.73. The van der Waals surface area contributed by atoms with Gasteiger partial charge in [-0.3, -0.25) is 4.79 Å². The lowest BCUT2D eigenvalue weighted by Crippen LogP contribution is -2.23. The van der Waals surface area contributed by atoms with E-state index in [1.807, 2.05) is 6.92 Å². The second-order valence-corrected chi connectivity index (χ2v) is 5.78. The van der Waals surface area contributed by atoms with Crippen molar-refractivity contribution in [2.24, 2.45) is 0 Å². The van der Waals surface area contributed by atoms with Crippen LogP contribution in [0.1, 0.15) is 25.5 Å². The molecule has 16 heavy (non-hydrogen) atoms. The van der Waals surface area contributed by atoms with Gasteiger partial charge in [0.25, 0.3) is 0 Å². The highest BCUT2D eigenvalue weighted by Gasteiger charge is 2.09. The Morgan fingerprint density at radius 3 is 2.12 bits per heavy atom. The fraction of sp³-hybridized carbons (Fsp3) is 0.364. The number of hydrogen-bond acceptors (Lipinski definition) is 3. The zero-order valence-corrected chi connectivity index (χ0v) is 10.3. The Balaban J connectivity index is 2.91. The molecule has 88 valence electrons. The highest BCUT2D eigenvalue weighted by atomic mass is 32.2. The summed E-state index contributed by atoms with van der Waals surface area (Å²) in [5.74, 6) is -0.111. The summed E-state index contributed by atoms with van der Waals surface area (Å²) in [4.78, 5) is 11.1. The molecular formula is C11H15NO3S. The van der Waals surface area contributed by atoms with E-state index in [1.54, 1.807) is 24.3 Å². The van der Waals surface area contributed by atoms with Gasteiger partial charge in [0.05, 0.1) is 10.9 Å². The van der Waals surface area contributed by atoms with E-state index in [9.17, 15) is 13.2 Å². The Bertz CT molecular complexity index is 476. The van der Waals surface area contributed by atoms with Gasteiger partial charge in [-0.2, -0.15) is 0 Å². The fourth-order valence-electron chi connectivity index (χ4n) is 1.39. The molecule has 0 radical (unpaired) electrons. The van der Waals surface area contributed by atoms with Gasteiger partial charge in [-0.15, -0.1) is 0 Å². The van der Waals surface area contributed by atoms with Crippen molar-refractivity contribution in [1.29, 1.82) is 0 Å². The molecule has 5 heteroatoms. The van der Waals surface area contributed by atoms with E-state index in [4.69, 9.17) is 0 Å². The third-order valence-electron chi connectivity index (χ3n) is 2.23. The molecule has 1 aromatic carbocycles. The molecule has 0 aromatic heterocycles. The number of benzene rings is 1. The van der Waals surface area contributed by atoms with Crippen LogP contribution in [0.2, 0.25) is 0 Å². The smallest absolute Gasteiger partial charge is 0.217 e. The van der Waals surface area contributed by atoms with Crippen LogP contribution in [0, 0.1) is 0 Å². The van der Waals surface area contributed by atoms with Crippen molar-refractivity contribution in [1.82, 2.24) is 5.32 Å². The van der Waals surface area contributed by atoms with Crippen molar-refractivity contribution >= 4 is 15.7 Å². The number of sulfone groups is 1. The van der Waals surface area contributed by atoms with Crippen LogP contribution in [0.4, 0.5) is 0 Å². The molecule has 0 fully saturated rings. The minimum Gasteiger partial charge on any atom is -0.350 e. The molecule has 0 unspecified atom stereocenters. The summed E-state index contributed by atoms with van der Waals surface area (Å²) in [6, 6.07) is 6.38. The highest BCUT2D eigenvalue weighted by molar-refractivity contribution is 7.90. The van der Waals surface area contributed by atoms with E-state index in [-0.39, 0.29) is 16.8 Å². The maximum atomic E-state index is 11.2. The third kappa shape index (κ3) is 3.34. The van der Waals surface area contributed by atoms with Gasteiger partial charge in [0.2, 0.25) is 5.91 Å². The summed E-state index contributed by atoms with van der Waals surface area (Å²) in [6.07, 6.45) is 1.17. The van der Waals surface area contributed by atoms with E-state index < -0.39 is 9.84 Å². The average molecular weight is 241 g/mol. The molecule has 0 saturated heterocycles. The minimum atomic E-state index is -3.16. The number of carbonyl (C=O) groups is 1. The molecule has 0 aliphatic carbocycles. The first-order chi connectivity index (χ1) is 7.30. The zero-order valence-electron chi connectivity index (χ0n) is 9.52. The third-order valence-corrected chi connectivity index (χ3v) is 3.36. The van der Waals surface area contributed by atoms with E-state index in [0.29, 0.717) is 0 Å². The first-order valence-corrected chi connectivity index (χ1v) is 6.77. The first kappa shape index (κ1) is 12.7. The Morgan fingerprint density at radius 1 is 1.25 bits per heavy atom. The number of carbonyl (C=O) groups excluding carboxylic acids is 1. The lowest BCUT2D eigenvalue weighted by atomic mass is 10.1. The predicted molar refractivity (Wildman–Crippen MR) is 61.8 cm³/mol. The Morgan fingerprint density at radius 2 is 1.75 bits per heavy atom. The lowest BCUT2D eigenvalue weighted by Gasteiger charge is -2.12. The predicted octanol–water partition coefficient (Wildman–Crippen LogP) is 1.29. The molecule has 0 heterocycles. The van der Waals surface area contributed by atoms with Gasteiger partial charge in [-0.25, -0.2) is 8.42 Å². The molecule has 1 atom stereocenters. The van der Waals surface area contributed by atoms with Crippen LogP contribution in [-0.4, -0.2) is 20.6 Å². The second kappa shape index (κ2) is 4.65. The highest BCUT2D eigenvalue weighted by Crippen LogP contribution is 2.15. The van der Waals surface area contributed by atoms with Crippen molar-refractivity contribution in [3.05, 3.63) is 29.8 Å². The van der Waals surface area contributed by atoms with Crippen LogP contribution < -0.4 is 5.32 Å². The average Bonchev–Trinajstić information content (AvgIpc) is 2.15. The van der Waals surface area contributed by atoms with Crippen molar-refractivity contribution < 1.29 is 13.2 Å². The summed E-state index contributed by atoms with van der Waals surface area (Å²) >= 11 is 0. The van der Waals surface area contributed by atoms with Crippen molar-refractivity contribution in [2.45, 2.75) is 24.8 Å². The molecule has 0 saturated carbocycles. The Kier molecular flexibility index (Phi) is 3.70. The van der Waals surface area contributed by atoms with Crippen LogP contribution in [0.25, 0.3) is 0 Å². The molecule has 0 bridgehead atoms. The maximum absolute atomic E-state index is 11.2. The van der Waals surface area contributed by atoms with Crippen LogP contribution in [0.3, 0.4) is 0 Å². The first-order valence-electron chi connectivity index (χ1n) is 4.88. The van der Waals surface area contributed by atoms with Crippen molar-refractivity contribution in [2.75, 3.05) is 6.26 Å². The lowest BCUT2D eigenvalue weighted by molar-refractivity contribution is -0.119. The van der Waals surface area contributed by atoms with Crippen molar-refractivity contribution in [3.63, 3.8) is 0 Å². The summed E-state index contributed by atoms with van der Waals surface area (Å²) in [6.45, 7) is 3.29. The van der Waals surface area contributed by atoms with Gasteiger partial charge in [-0.05, 0) is 24.6 Å². The Hall–Kier alpha value is -1.36. The number of amides is 1. The minimum absolute atomic E-state index is 0.111. The SMILES string of the molecule is CC(=O)N[C@@H](C)c1ccc(S(C)(=O)=O)cc1. The molecule has 1 aromatic rings. The molecule has 1 rings (SSSR count). The van der Waals surface area contributed by atoms with Crippen LogP contribution >= 0.6 is 0 Å². The van der Waals surface area contributed by atoms with Crippen LogP contribution in [0.15, 0.2) is 29.2 Å². The topological polar surface area (TPSA) is 63.2 Å². The summed E-state index contributed by atoms with van der Waals surface area (Å²) < 4.78 is 22.4. The molecular weight excluding hydrogens is 226 g/mol. The van der Waals surface area contributed by atoms with E-state index in [2.05, 4.69) is 5.32 Å². The normalized spacial score (nSPS) is 13.2. The van der Waals surface area contributed by atoms with Crippen LogP contribution in [0.5, 0.6) is 0 Å². The molecule has 1 N–H and O–H groups in total. The maximum Gasteiger partial charge on any atom is 0.217 e. The van der Waals surface area contributed by atoms with E-state index in [0.717, 1.165) is 5.56 Å². The molecule has 0 aliphatic heterocycles. The number of hydrogen-bond donors (Lipinski definition) is 1. The standard InChI is InChI=1S/C11H15NO3S/c1-8(12-9(2)13)10-4-6-11(7-5-10)16(3,14)15/h4-8H,1-3H3,(H,12,13)/t8-/m0/s1. The van der Waals surface area contributed by atoms with Gasteiger partial charge in [-0.1, -0.05) is 12.1 Å². The van der Waals surface area contributed by atoms with Crippen molar-refractivity contribution in [3.8, 4) is 0 Å². The summed E-state index contributed by atoms with van der Waals surface area (Å²) in [5.41, 5.74) is 0.877. The summed E-state index contributed by atoms with van der Waals surface area (Å²) in [7, 11) is -3.16. The largest absolute Gasteiger partial charge is 0.350 e. The zero-order chi connectivity index (χ0) is 12.3. The molecule has 4 nitrogen and oxygen atoms in total. The van der Waals surface area contributed by atoms with Gasteiger partial charge in [0.1, 0.15) is 0 Å². The number of nitrogens with one attached hydrogen (secondary N) is 1.